The Bertz CT molecular complexity index is 926. The van der Waals surface area contributed by atoms with Crippen molar-refractivity contribution in [3.8, 4) is 22.6 Å². The maximum Gasteiger partial charge on any atom is 0.311 e. The number of benzene rings is 2. The highest BCUT2D eigenvalue weighted by atomic mass is 16.6. The molecular weight excluding hydrogens is 380 g/mol. The molecule has 6 heteroatoms. The number of hydrogen-bond acceptors (Lipinski definition) is 6. The highest BCUT2D eigenvalue weighted by molar-refractivity contribution is 5.86. The Morgan fingerprint density at radius 1 is 1.23 bits per heavy atom. The van der Waals surface area contributed by atoms with E-state index in [1.807, 2.05) is 26.0 Å². The van der Waals surface area contributed by atoms with E-state index >= 15 is 0 Å². The van der Waals surface area contributed by atoms with Gasteiger partial charge in [0.05, 0.1) is 0 Å². The average Bonchev–Trinajstić information content (AvgIpc) is 2.77. The van der Waals surface area contributed by atoms with Gasteiger partial charge in [-0.2, -0.15) is 0 Å². The third-order valence-electron chi connectivity index (χ3n) is 5.66. The van der Waals surface area contributed by atoms with Crippen molar-refractivity contribution >= 4 is 12.4 Å². The van der Waals surface area contributed by atoms with E-state index < -0.39 is 0 Å². The van der Waals surface area contributed by atoms with Crippen LogP contribution in [-0.4, -0.2) is 37.5 Å². The number of esters is 1. The van der Waals surface area contributed by atoms with Crippen LogP contribution in [0.3, 0.4) is 0 Å². The summed E-state index contributed by atoms with van der Waals surface area (Å²) >= 11 is 0. The molecule has 0 fully saturated rings. The predicted molar refractivity (Wildman–Crippen MR) is 117 cm³/mol. The van der Waals surface area contributed by atoms with Crippen LogP contribution in [0, 0.1) is 0 Å². The first-order valence-corrected chi connectivity index (χ1v) is 10.6. The summed E-state index contributed by atoms with van der Waals surface area (Å²) in [5, 5.41) is 0. The van der Waals surface area contributed by atoms with E-state index in [1.54, 1.807) is 6.07 Å². The van der Waals surface area contributed by atoms with Gasteiger partial charge in [0.15, 0.2) is 11.5 Å². The molecule has 1 unspecified atom stereocenters. The fourth-order valence-electron chi connectivity index (χ4n) is 4.31. The first-order valence-electron chi connectivity index (χ1n) is 10.6. The van der Waals surface area contributed by atoms with Crippen LogP contribution in [0.5, 0.6) is 11.5 Å². The summed E-state index contributed by atoms with van der Waals surface area (Å²) in [6.07, 6.45) is 2.58. The van der Waals surface area contributed by atoms with Crippen molar-refractivity contribution in [2.24, 2.45) is 5.73 Å². The van der Waals surface area contributed by atoms with Crippen molar-refractivity contribution in [2.45, 2.75) is 45.6 Å². The summed E-state index contributed by atoms with van der Waals surface area (Å²) in [4.78, 5) is 25.7. The molecule has 0 aromatic heterocycles. The van der Waals surface area contributed by atoms with Crippen LogP contribution in [-0.2, 0) is 22.4 Å². The lowest BCUT2D eigenvalue weighted by Crippen LogP contribution is -2.35. The number of hydrogen-bond donors (Lipinski definition) is 1. The monoisotopic (exact) mass is 410 g/mol. The van der Waals surface area contributed by atoms with Gasteiger partial charge in [0, 0.05) is 24.6 Å². The molecule has 6 nitrogen and oxygen atoms in total. The van der Waals surface area contributed by atoms with Gasteiger partial charge in [-0.1, -0.05) is 38.1 Å². The number of ether oxygens (including phenoxy) is 2. The SMILES string of the molecule is CC.CN1CCc2cccc3c2C1Cc1ccc(OC=O)c(OC(=O)CCCN)c1-3. The molecule has 160 valence electrons. The molecule has 0 saturated carbocycles. The van der Waals surface area contributed by atoms with Gasteiger partial charge in [-0.05, 0) is 61.2 Å². The van der Waals surface area contributed by atoms with Crippen LogP contribution in [0.25, 0.3) is 11.1 Å². The second-order valence-electron chi connectivity index (χ2n) is 7.34. The van der Waals surface area contributed by atoms with E-state index in [4.69, 9.17) is 15.2 Å². The smallest absolute Gasteiger partial charge is 0.311 e. The minimum atomic E-state index is -0.376. The number of nitrogens with zero attached hydrogens (tertiary/aromatic N) is 1. The molecule has 1 heterocycles. The molecule has 0 amide bonds. The zero-order valence-corrected chi connectivity index (χ0v) is 17.9. The number of rotatable bonds is 6. The van der Waals surface area contributed by atoms with Crippen molar-refractivity contribution in [2.75, 3.05) is 20.1 Å². The van der Waals surface area contributed by atoms with Crippen LogP contribution in [0.2, 0.25) is 0 Å². The van der Waals surface area contributed by atoms with Crippen LogP contribution < -0.4 is 15.2 Å². The highest BCUT2D eigenvalue weighted by Crippen LogP contribution is 2.50. The van der Waals surface area contributed by atoms with Gasteiger partial charge >= 0.3 is 5.97 Å². The fourth-order valence-corrected chi connectivity index (χ4v) is 4.31. The number of carbonyl (C=O) groups is 2. The van der Waals surface area contributed by atoms with Gasteiger partial charge in [-0.15, -0.1) is 0 Å². The van der Waals surface area contributed by atoms with Gasteiger partial charge in [0.25, 0.3) is 6.47 Å². The summed E-state index contributed by atoms with van der Waals surface area (Å²) in [5.74, 6) is 0.209. The Hall–Kier alpha value is -2.70. The molecule has 30 heavy (non-hydrogen) atoms. The first-order chi connectivity index (χ1) is 14.6. The van der Waals surface area contributed by atoms with E-state index in [-0.39, 0.29) is 18.1 Å². The van der Waals surface area contributed by atoms with Crippen molar-refractivity contribution < 1.29 is 19.1 Å². The van der Waals surface area contributed by atoms with E-state index in [0.717, 1.165) is 36.1 Å². The van der Waals surface area contributed by atoms with Crippen LogP contribution in [0.1, 0.15) is 49.4 Å². The van der Waals surface area contributed by atoms with E-state index in [2.05, 4.69) is 24.1 Å². The minimum absolute atomic E-state index is 0.221. The molecule has 1 aliphatic heterocycles. The molecule has 4 rings (SSSR count). The number of fused-ring (bicyclic) bond motifs is 2. The van der Waals surface area contributed by atoms with E-state index in [9.17, 15) is 9.59 Å². The standard InChI is InChI=1S/C22H24N2O4.C2H6/c1-24-11-9-14-4-2-5-16-20(14)17(24)12-15-7-8-18(27-13-25)22(21(15)16)28-19(26)6-3-10-23;1-2/h2,4-5,7-8,13,17H,3,6,9-12,23H2,1H3;1-2H3. The molecular formula is C24H30N2O4. The Balaban J connectivity index is 0.00000124. The number of nitrogens with two attached hydrogens (primary N) is 1. The lowest BCUT2D eigenvalue weighted by atomic mass is 9.77. The van der Waals surface area contributed by atoms with E-state index in [0.29, 0.717) is 31.2 Å². The Kier molecular flexibility index (Phi) is 7.24. The maximum absolute atomic E-state index is 12.3. The molecule has 2 aliphatic rings. The maximum atomic E-state index is 12.3. The zero-order valence-electron chi connectivity index (χ0n) is 17.9. The first kappa shape index (κ1) is 22.0. The molecule has 0 radical (unpaired) electrons. The Labute approximate surface area is 178 Å². The van der Waals surface area contributed by atoms with Gasteiger partial charge in [0.2, 0.25) is 0 Å². The van der Waals surface area contributed by atoms with Gasteiger partial charge in [0.1, 0.15) is 0 Å². The number of carbonyl (C=O) groups excluding carboxylic acids is 2. The van der Waals surface area contributed by atoms with Crippen LogP contribution in [0.15, 0.2) is 30.3 Å². The van der Waals surface area contributed by atoms with Gasteiger partial charge in [-0.3, -0.25) is 14.5 Å². The van der Waals surface area contributed by atoms with Crippen LogP contribution >= 0.6 is 0 Å². The molecule has 0 spiro atoms. The van der Waals surface area contributed by atoms with Crippen molar-refractivity contribution in [1.29, 1.82) is 0 Å². The third-order valence-corrected chi connectivity index (χ3v) is 5.66. The van der Waals surface area contributed by atoms with Gasteiger partial charge in [-0.25, -0.2) is 0 Å². The summed E-state index contributed by atoms with van der Waals surface area (Å²) in [7, 11) is 2.15. The summed E-state index contributed by atoms with van der Waals surface area (Å²) in [6.45, 7) is 5.79. The largest absolute Gasteiger partial charge is 0.425 e. The molecule has 1 atom stereocenters. The average molecular weight is 411 g/mol. The molecule has 0 bridgehead atoms. The topological polar surface area (TPSA) is 81.9 Å². The normalized spacial score (nSPS) is 16.5. The van der Waals surface area contributed by atoms with Crippen LogP contribution in [0.4, 0.5) is 0 Å². The van der Waals surface area contributed by atoms with Crippen molar-refractivity contribution in [1.82, 2.24) is 4.90 Å². The Morgan fingerprint density at radius 3 is 2.77 bits per heavy atom. The lowest BCUT2D eigenvalue weighted by Gasteiger charge is -2.40. The second-order valence-corrected chi connectivity index (χ2v) is 7.34. The fraction of sp³-hybridized carbons (Fsp3) is 0.417. The summed E-state index contributed by atoms with van der Waals surface area (Å²) in [6, 6.07) is 10.2. The molecule has 0 saturated heterocycles. The van der Waals surface area contributed by atoms with E-state index in [1.165, 1.54) is 11.1 Å². The molecule has 2 aromatic carbocycles. The van der Waals surface area contributed by atoms with Crippen molar-refractivity contribution in [3.05, 3.63) is 47.0 Å². The lowest BCUT2D eigenvalue weighted by molar-refractivity contribution is -0.134. The second kappa shape index (κ2) is 9.87. The summed E-state index contributed by atoms with van der Waals surface area (Å²) in [5.41, 5.74) is 11.1. The quantitative estimate of drug-likeness (QED) is 0.445. The third kappa shape index (κ3) is 4.11. The van der Waals surface area contributed by atoms with Gasteiger partial charge < -0.3 is 15.2 Å². The predicted octanol–water partition coefficient (Wildman–Crippen LogP) is 3.64. The Morgan fingerprint density at radius 2 is 2.03 bits per heavy atom. The minimum Gasteiger partial charge on any atom is -0.425 e. The number of likely N-dealkylation sites (N-methyl/N-ethyl adjacent to an activating group) is 1. The molecule has 2 N–H and O–H groups in total. The van der Waals surface area contributed by atoms with Crippen molar-refractivity contribution in [3.63, 3.8) is 0 Å². The zero-order chi connectivity index (χ0) is 21.7. The molecule has 2 aromatic rings. The summed E-state index contributed by atoms with van der Waals surface area (Å²) < 4.78 is 10.9. The molecule has 1 aliphatic carbocycles. The highest BCUT2D eigenvalue weighted by Gasteiger charge is 2.35.